The largest absolute Gasteiger partial charge is 0.478 e. The first-order valence-corrected chi connectivity index (χ1v) is 7.99. The fourth-order valence-corrected chi connectivity index (χ4v) is 3.05. The molecular formula is C16H15Br2NO2. The lowest BCUT2D eigenvalue weighted by molar-refractivity contribution is 0.0697. The lowest BCUT2D eigenvalue weighted by Gasteiger charge is -2.18. The third-order valence-electron chi connectivity index (χ3n) is 3.08. The molecule has 0 saturated heterocycles. The summed E-state index contributed by atoms with van der Waals surface area (Å²) in [5, 5.41) is 8.97. The van der Waals surface area contributed by atoms with E-state index in [0.717, 1.165) is 27.6 Å². The van der Waals surface area contributed by atoms with Crippen LogP contribution in [0.1, 0.15) is 21.5 Å². The minimum atomic E-state index is -0.912. The Kier molecular flexibility index (Phi) is 5.56. The lowest BCUT2D eigenvalue weighted by Crippen LogP contribution is -2.17. The number of carboxylic acids is 1. The van der Waals surface area contributed by atoms with Crippen molar-refractivity contribution in [2.45, 2.75) is 13.1 Å². The van der Waals surface area contributed by atoms with E-state index in [1.165, 1.54) is 5.56 Å². The molecule has 0 aromatic heterocycles. The van der Waals surface area contributed by atoms with Crippen LogP contribution in [0.25, 0.3) is 0 Å². The topological polar surface area (TPSA) is 40.5 Å². The molecule has 0 heterocycles. The summed E-state index contributed by atoms with van der Waals surface area (Å²) in [7, 11) is 2.04. The van der Waals surface area contributed by atoms with Crippen molar-refractivity contribution in [3.8, 4) is 0 Å². The monoisotopic (exact) mass is 411 g/mol. The standard InChI is InChI=1S/C16H15Br2NO2/c1-19(9-11-3-2-4-14(17)7-11)10-13-6-5-12(16(20)21)8-15(13)18/h2-8H,9-10H2,1H3,(H,20,21). The van der Waals surface area contributed by atoms with E-state index in [-0.39, 0.29) is 0 Å². The second kappa shape index (κ2) is 7.20. The molecule has 0 amide bonds. The molecule has 0 aliphatic carbocycles. The molecule has 2 rings (SSSR count). The van der Waals surface area contributed by atoms with Crippen molar-refractivity contribution in [2.75, 3.05) is 7.05 Å². The summed E-state index contributed by atoms with van der Waals surface area (Å²) in [5.41, 5.74) is 2.59. The van der Waals surface area contributed by atoms with Crippen LogP contribution < -0.4 is 0 Å². The Morgan fingerprint density at radius 1 is 1.14 bits per heavy atom. The number of carboxylic acid groups (broad SMARTS) is 1. The summed E-state index contributed by atoms with van der Waals surface area (Å²) < 4.78 is 1.89. The molecule has 0 atom stereocenters. The van der Waals surface area contributed by atoms with Gasteiger partial charge in [0.1, 0.15) is 0 Å². The smallest absolute Gasteiger partial charge is 0.335 e. The first-order valence-electron chi connectivity index (χ1n) is 6.40. The summed E-state index contributed by atoms with van der Waals surface area (Å²) in [6.07, 6.45) is 0. The number of carbonyl (C=O) groups is 1. The van der Waals surface area contributed by atoms with Crippen molar-refractivity contribution in [1.29, 1.82) is 0 Å². The molecule has 3 nitrogen and oxygen atoms in total. The first-order chi connectivity index (χ1) is 9.95. The molecule has 0 bridgehead atoms. The maximum Gasteiger partial charge on any atom is 0.335 e. The van der Waals surface area contributed by atoms with Gasteiger partial charge in [0.05, 0.1) is 5.56 Å². The number of halogens is 2. The highest BCUT2D eigenvalue weighted by molar-refractivity contribution is 9.10. The number of nitrogens with zero attached hydrogens (tertiary/aromatic N) is 1. The van der Waals surface area contributed by atoms with Crippen LogP contribution in [-0.4, -0.2) is 23.0 Å². The van der Waals surface area contributed by atoms with Crippen LogP contribution in [0.2, 0.25) is 0 Å². The van der Waals surface area contributed by atoms with Crippen molar-refractivity contribution in [3.63, 3.8) is 0 Å². The zero-order valence-corrected chi connectivity index (χ0v) is 14.7. The van der Waals surface area contributed by atoms with Crippen molar-refractivity contribution in [3.05, 3.63) is 68.1 Å². The molecule has 5 heteroatoms. The zero-order chi connectivity index (χ0) is 15.4. The van der Waals surface area contributed by atoms with Crippen molar-refractivity contribution in [2.24, 2.45) is 0 Å². The zero-order valence-electron chi connectivity index (χ0n) is 11.5. The van der Waals surface area contributed by atoms with E-state index in [2.05, 4.69) is 48.9 Å². The maximum absolute atomic E-state index is 10.9. The van der Waals surface area contributed by atoms with Crippen molar-refractivity contribution in [1.82, 2.24) is 4.90 Å². The second-order valence-electron chi connectivity index (χ2n) is 4.91. The molecule has 0 radical (unpaired) electrons. The summed E-state index contributed by atoms with van der Waals surface area (Å²) in [4.78, 5) is 13.1. The minimum absolute atomic E-state index is 0.292. The highest BCUT2D eigenvalue weighted by Gasteiger charge is 2.09. The Labute approximate surface area is 140 Å². The van der Waals surface area contributed by atoms with Gasteiger partial charge in [-0.05, 0) is 42.4 Å². The normalized spacial score (nSPS) is 10.9. The molecule has 2 aromatic carbocycles. The molecule has 2 aromatic rings. The lowest BCUT2D eigenvalue weighted by atomic mass is 10.1. The number of aromatic carboxylic acids is 1. The van der Waals surface area contributed by atoms with Gasteiger partial charge in [0, 0.05) is 22.0 Å². The first kappa shape index (κ1) is 16.2. The molecule has 0 saturated carbocycles. The summed E-state index contributed by atoms with van der Waals surface area (Å²) >= 11 is 6.91. The number of hydrogen-bond acceptors (Lipinski definition) is 2. The Hall–Kier alpha value is -1.17. The number of rotatable bonds is 5. The van der Waals surface area contributed by atoms with Gasteiger partial charge in [-0.3, -0.25) is 4.90 Å². The maximum atomic E-state index is 10.9. The molecule has 0 unspecified atom stereocenters. The quantitative estimate of drug-likeness (QED) is 0.783. The highest BCUT2D eigenvalue weighted by atomic mass is 79.9. The number of benzene rings is 2. The van der Waals surface area contributed by atoms with Gasteiger partial charge in [-0.2, -0.15) is 0 Å². The third kappa shape index (κ3) is 4.66. The fourth-order valence-electron chi connectivity index (χ4n) is 2.10. The van der Waals surface area contributed by atoms with Gasteiger partial charge < -0.3 is 5.11 Å². The van der Waals surface area contributed by atoms with Crippen molar-refractivity contribution >= 4 is 37.8 Å². The Bertz CT molecular complexity index is 658. The van der Waals surface area contributed by atoms with Gasteiger partial charge in [0.2, 0.25) is 0 Å². The highest BCUT2D eigenvalue weighted by Crippen LogP contribution is 2.21. The predicted molar refractivity (Wildman–Crippen MR) is 90.4 cm³/mol. The van der Waals surface area contributed by atoms with Crippen LogP contribution in [0.15, 0.2) is 51.4 Å². The van der Waals surface area contributed by atoms with Crippen LogP contribution >= 0.6 is 31.9 Å². The van der Waals surface area contributed by atoms with E-state index in [9.17, 15) is 4.79 Å². The van der Waals surface area contributed by atoms with E-state index >= 15 is 0 Å². The van der Waals surface area contributed by atoms with Crippen LogP contribution in [0.4, 0.5) is 0 Å². The predicted octanol–water partition coefficient (Wildman–Crippen LogP) is 4.54. The van der Waals surface area contributed by atoms with Crippen LogP contribution in [0.3, 0.4) is 0 Å². The van der Waals surface area contributed by atoms with Crippen molar-refractivity contribution < 1.29 is 9.90 Å². The molecule has 0 spiro atoms. The van der Waals surface area contributed by atoms with Gasteiger partial charge >= 0.3 is 5.97 Å². The third-order valence-corrected chi connectivity index (χ3v) is 4.31. The summed E-state index contributed by atoms with van der Waals surface area (Å²) in [6, 6.07) is 13.3. The molecular weight excluding hydrogens is 398 g/mol. The molecule has 110 valence electrons. The SMILES string of the molecule is CN(Cc1cccc(Br)c1)Cc1ccc(C(=O)O)cc1Br. The minimum Gasteiger partial charge on any atom is -0.478 e. The molecule has 0 aliphatic heterocycles. The van der Waals surface area contributed by atoms with E-state index in [0.29, 0.717) is 5.56 Å². The van der Waals surface area contributed by atoms with Crippen LogP contribution in [-0.2, 0) is 13.1 Å². The van der Waals surface area contributed by atoms with E-state index in [1.54, 1.807) is 12.1 Å². The molecule has 0 aliphatic rings. The van der Waals surface area contributed by atoms with E-state index < -0.39 is 5.97 Å². The molecule has 1 N–H and O–H groups in total. The molecule has 0 fully saturated rings. The Morgan fingerprint density at radius 2 is 1.90 bits per heavy atom. The van der Waals surface area contributed by atoms with Gasteiger partial charge in [0.15, 0.2) is 0 Å². The Balaban J connectivity index is 2.06. The fraction of sp³-hybridized carbons (Fsp3) is 0.188. The van der Waals surface area contributed by atoms with Crippen LogP contribution in [0, 0.1) is 0 Å². The molecule has 21 heavy (non-hydrogen) atoms. The Morgan fingerprint density at radius 3 is 2.52 bits per heavy atom. The number of hydrogen-bond donors (Lipinski definition) is 1. The second-order valence-corrected chi connectivity index (χ2v) is 6.68. The van der Waals surface area contributed by atoms with E-state index in [4.69, 9.17) is 5.11 Å². The average molecular weight is 413 g/mol. The average Bonchev–Trinajstić information content (AvgIpc) is 2.40. The summed E-state index contributed by atoms with van der Waals surface area (Å²) in [6.45, 7) is 1.57. The van der Waals surface area contributed by atoms with Gasteiger partial charge in [0.25, 0.3) is 0 Å². The van der Waals surface area contributed by atoms with E-state index in [1.807, 2.05) is 25.2 Å². The van der Waals surface area contributed by atoms with Gasteiger partial charge in [-0.25, -0.2) is 4.79 Å². The summed E-state index contributed by atoms with van der Waals surface area (Å²) in [5.74, 6) is -0.912. The van der Waals surface area contributed by atoms with Gasteiger partial charge in [-0.1, -0.05) is 50.1 Å². The van der Waals surface area contributed by atoms with Crippen LogP contribution in [0.5, 0.6) is 0 Å². The van der Waals surface area contributed by atoms with Gasteiger partial charge in [-0.15, -0.1) is 0 Å².